The fourth-order valence-electron chi connectivity index (χ4n) is 2.50. The minimum Gasteiger partial charge on any atom is -0.496 e. The van der Waals surface area contributed by atoms with Gasteiger partial charge in [-0.05, 0) is 47.7 Å². The Morgan fingerprint density at radius 1 is 1.19 bits per heavy atom. The van der Waals surface area contributed by atoms with Crippen molar-refractivity contribution in [2.75, 3.05) is 14.2 Å². The molecule has 8 nitrogen and oxygen atoms in total. The van der Waals surface area contributed by atoms with Crippen LogP contribution in [0.4, 0.5) is 0 Å². The van der Waals surface area contributed by atoms with Gasteiger partial charge in [-0.15, -0.1) is 5.10 Å². The zero-order valence-electron chi connectivity index (χ0n) is 16.6. The molecule has 1 saturated heterocycles. The van der Waals surface area contributed by atoms with Crippen molar-refractivity contribution in [1.29, 1.82) is 0 Å². The molecule has 1 N–H and O–H groups in total. The number of benzene rings is 2. The SMILES string of the molecule is COC(=O)/C=C1/S/C(=N\N=Cc2ccc(OC)c(COc3ccccc3Cl)c2)NC1=O. The van der Waals surface area contributed by atoms with Gasteiger partial charge in [-0.3, -0.25) is 10.1 Å². The molecule has 0 radical (unpaired) electrons. The highest BCUT2D eigenvalue weighted by Gasteiger charge is 2.25. The second-order valence-corrected chi connectivity index (χ2v) is 7.47. The number of nitrogens with zero attached hydrogens (tertiary/aromatic N) is 2. The molecule has 0 spiro atoms. The van der Waals surface area contributed by atoms with Crippen LogP contribution in [0.3, 0.4) is 0 Å². The third kappa shape index (κ3) is 6.09. The first-order valence-electron chi connectivity index (χ1n) is 8.94. The first kappa shape index (κ1) is 22.4. The first-order valence-corrected chi connectivity index (χ1v) is 10.1. The monoisotopic (exact) mass is 459 g/mol. The molecule has 0 atom stereocenters. The predicted octanol–water partition coefficient (Wildman–Crippen LogP) is 3.54. The van der Waals surface area contributed by atoms with Gasteiger partial charge in [0.2, 0.25) is 0 Å². The van der Waals surface area contributed by atoms with Crippen LogP contribution < -0.4 is 14.8 Å². The number of rotatable bonds is 7. The molecular formula is C21H18ClN3O5S. The number of thioether (sulfide) groups is 1. The fraction of sp³-hybridized carbons (Fsp3) is 0.143. The van der Waals surface area contributed by atoms with Crippen molar-refractivity contribution >= 4 is 46.6 Å². The van der Waals surface area contributed by atoms with Crippen LogP contribution in [0.1, 0.15) is 11.1 Å². The molecule has 1 fully saturated rings. The first-order chi connectivity index (χ1) is 15.0. The van der Waals surface area contributed by atoms with Crippen LogP contribution >= 0.6 is 23.4 Å². The quantitative estimate of drug-likeness (QED) is 0.294. The van der Waals surface area contributed by atoms with E-state index < -0.39 is 11.9 Å². The molecule has 2 aromatic rings. The number of halogens is 1. The Labute approximate surface area is 187 Å². The van der Waals surface area contributed by atoms with E-state index in [9.17, 15) is 9.59 Å². The van der Waals surface area contributed by atoms with Gasteiger partial charge in [-0.25, -0.2) is 4.79 Å². The fourth-order valence-corrected chi connectivity index (χ4v) is 3.43. The van der Waals surface area contributed by atoms with Gasteiger partial charge >= 0.3 is 5.97 Å². The number of amidine groups is 1. The van der Waals surface area contributed by atoms with Crippen LogP contribution in [0.2, 0.25) is 5.02 Å². The lowest BCUT2D eigenvalue weighted by molar-refractivity contribution is -0.135. The number of nitrogens with one attached hydrogen (secondary N) is 1. The minimum atomic E-state index is -0.618. The van der Waals surface area contributed by atoms with Crippen LogP contribution in [-0.4, -0.2) is 37.5 Å². The number of carbonyl (C=O) groups is 2. The highest BCUT2D eigenvalue weighted by atomic mass is 35.5. The zero-order chi connectivity index (χ0) is 22.2. The summed E-state index contributed by atoms with van der Waals surface area (Å²) in [4.78, 5) is 23.3. The summed E-state index contributed by atoms with van der Waals surface area (Å²) in [7, 11) is 2.81. The van der Waals surface area contributed by atoms with Crippen molar-refractivity contribution in [3.8, 4) is 11.5 Å². The van der Waals surface area contributed by atoms with Gasteiger partial charge in [-0.1, -0.05) is 23.7 Å². The maximum atomic E-state index is 11.8. The topological polar surface area (TPSA) is 98.6 Å². The summed E-state index contributed by atoms with van der Waals surface area (Å²) in [6.07, 6.45) is 2.63. The van der Waals surface area contributed by atoms with E-state index >= 15 is 0 Å². The lowest BCUT2D eigenvalue weighted by Gasteiger charge is -2.12. The molecule has 10 heteroatoms. The van der Waals surface area contributed by atoms with E-state index in [4.69, 9.17) is 21.1 Å². The molecule has 0 saturated carbocycles. The van der Waals surface area contributed by atoms with E-state index in [1.54, 1.807) is 25.3 Å². The molecule has 0 aromatic heterocycles. The van der Waals surface area contributed by atoms with E-state index in [2.05, 4.69) is 20.3 Å². The largest absolute Gasteiger partial charge is 0.496 e. The molecule has 31 heavy (non-hydrogen) atoms. The molecule has 0 unspecified atom stereocenters. The molecule has 160 valence electrons. The van der Waals surface area contributed by atoms with Crippen molar-refractivity contribution in [2.24, 2.45) is 10.2 Å². The van der Waals surface area contributed by atoms with Crippen molar-refractivity contribution in [1.82, 2.24) is 5.32 Å². The summed E-state index contributed by atoms with van der Waals surface area (Å²) in [6, 6.07) is 12.7. The Kier molecular flexibility index (Phi) is 7.69. The molecule has 0 bridgehead atoms. The summed E-state index contributed by atoms with van der Waals surface area (Å²) in [6.45, 7) is 0.247. The van der Waals surface area contributed by atoms with E-state index in [-0.39, 0.29) is 16.7 Å². The molecule has 1 aliphatic heterocycles. The highest BCUT2D eigenvalue weighted by molar-refractivity contribution is 8.18. The summed E-state index contributed by atoms with van der Waals surface area (Å²) < 4.78 is 15.7. The zero-order valence-corrected chi connectivity index (χ0v) is 18.2. The Hall–Kier alpha value is -3.30. The molecule has 0 aliphatic carbocycles. The number of amides is 1. The number of methoxy groups -OCH3 is 2. The molecule has 1 aliphatic rings. The lowest BCUT2D eigenvalue weighted by atomic mass is 10.1. The summed E-state index contributed by atoms with van der Waals surface area (Å²) in [5.41, 5.74) is 1.55. The van der Waals surface area contributed by atoms with E-state index in [1.807, 2.05) is 24.3 Å². The third-order valence-corrected chi connectivity index (χ3v) is 5.19. The molecule has 1 amide bonds. The van der Waals surface area contributed by atoms with E-state index in [0.717, 1.165) is 29.0 Å². The van der Waals surface area contributed by atoms with Crippen molar-refractivity contribution in [3.05, 3.63) is 69.6 Å². The Morgan fingerprint density at radius 3 is 2.74 bits per heavy atom. The predicted molar refractivity (Wildman–Crippen MR) is 120 cm³/mol. The van der Waals surface area contributed by atoms with Crippen molar-refractivity contribution in [3.63, 3.8) is 0 Å². The van der Waals surface area contributed by atoms with Gasteiger partial charge in [0.25, 0.3) is 5.91 Å². The third-order valence-electron chi connectivity index (χ3n) is 3.98. The van der Waals surface area contributed by atoms with Gasteiger partial charge in [-0.2, -0.15) is 5.10 Å². The molecule has 1 heterocycles. The van der Waals surface area contributed by atoms with Gasteiger partial charge in [0.15, 0.2) is 5.17 Å². The number of para-hydroxylation sites is 1. The van der Waals surface area contributed by atoms with Crippen LogP contribution in [0, 0.1) is 0 Å². The smallest absolute Gasteiger partial charge is 0.331 e. The van der Waals surface area contributed by atoms with Crippen molar-refractivity contribution in [2.45, 2.75) is 6.61 Å². The molecular weight excluding hydrogens is 442 g/mol. The second kappa shape index (κ2) is 10.6. The second-order valence-electron chi connectivity index (χ2n) is 6.03. The van der Waals surface area contributed by atoms with Gasteiger partial charge < -0.3 is 14.2 Å². The van der Waals surface area contributed by atoms with Crippen LogP contribution in [-0.2, 0) is 20.9 Å². The maximum absolute atomic E-state index is 11.8. The van der Waals surface area contributed by atoms with Gasteiger partial charge in [0.1, 0.15) is 18.1 Å². The van der Waals surface area contributed by atoms with Crippen LogP contribution in [0.25, 0.3) is 0 Å². The van der Waals surface area contributed by atoms with Crippen LogP contribution in [0.15, 0.2) is 63.6 Å². The summed E-state index contributed by atoms with van der Waals surface area (Å²) in [5.74, 6) is 0.174. The Bertz CT molecular complexity index is 1080. The number of hydrogen-bond acceptors (Lipinski definition) is 8. The van der Waals surface area contributed by atoms with E-state index in [0.29, 0.717) is 16.5 Å². The average Bonchev–Trinajstić information content (AvgIpc) is 3.12. The number of hydrogen-bond donors (Lipinski definition) is 1. The lowest BCUT2D eigenvalue weighted by Crippen LogP contribution is -2.19. The van der Waals surface area contributed by atoms with E-state index in [1.165, 1.54) is 13.3 Å². The summed E-state index contributed by atoms with van der Waals surface area (Å²) in [5, 5.41) is 11.3. The molecule has 2 aromatic carbocycles. The number of ether oxygens (including phenoxy) is 3. The number of esters is 1. The molecule has 3 rings (SSSR count). The maximum Gasteiger partial charge on any atom is 0.331 e. The van der Waals surface area contributed by atoms with Crippen LogP contribution in [0.5, 0.6) is 11.5 Å². The van der Waals surface area contributed by atoms with Crippen molar-refractivity contribution < 1.29 is 23.8 Å². The van der Waals surface area contributed by atoms with Gasteiger partial charge in [0.05, 0.1) is 30.4 Å². The standard InChI is InChI=1S/C21H18ClN3O5S/c1-28-16-8-7-13(9-14(16)12-30-17-6-4-3-5-15(17)22)11-23-25-21-24-20(27)18(31-21)10-19(26)29-2/h3-11H,12H2,1-2H3,(H,24,25,27)/b18-10+,23-11?. The average molecular weight is 460 g/mol. The summed E-state index contributed by atoms with van der Waals surface area (Å²) >= 11 is 7.13. The van der Waals surface area contributed by atoms with Gasteiger partial charge in [0, 0.05) is 11.6 Å². The highest BCUT2D eigenvalue weighted by Crippen LogP contribution is 2.27. The Balaban J connectivity index is 1.70. The Morgan fingerprint density at radius 2 is 2.00 bits per heavy atom. The number of carbonyl (C=O) groups excluding carboxylic acids is 2. The normalized spacial score (nSPS) is 16.0. The minimum absolute atomic E-state index is 0.184.